The van der Waals surface area contributed by atoms with Crippen LogP contribution >= 0.6 is 0 Å². The number of hydrogen-bond acceptors (Lipinski definition) is 3. The Bertz CT molecular complexity index is 177. The fraction of sp³-hybridized carbons (Fsp3) is 1.00. The zero-order chi connectivity index (χ0) is 12.5. The minimum atomic E-state index is 0.523. The van der Waals surface area contributed by atoms with E-state index in [4.69, 9.17) is 4.74 Å². The van der Waals surface area contributed by atoms with Gasteiger partial charge < -0.3 is 15.0 Å². The van der Waals surface area contributed by atoms with Crippen molar-refractivity contribution in [3.05, 3.63) is 0 Å². The second kappa shape index (κ2) is 8.90. The van der Waals surface area contributed by atoms with Crippen molar-refractivity contribution in [1.29, 1.82) is 0 Å². The summed E-state index contributed by atoms with van der Waals surface area (Å²) in [5.41, 5.74) is 0. The number of likely N-dealkylation sites (tertiary alicyclic amines) is 1. The molecule has 0 unspecified atom stereocenters. The van der Waals surface area contributed by atoms with Crippen LogP contribution in [0, 0.1) is 5.92 Å². The SMILES string of the molecule is CCOC1CCN(CCCNCC(C)C)CC1. The Labute approximate surface area is 107 Å². The Morgan fingerprint density at radius 1 is 1.29 bits per heavy atom. The van der Waals surface area contributed by atoms with Gasteiger partial charge >= 0.3 is 0 Å². The highest BCUT2D eigenvalue weighted by atomic mass is 16.5. The smallest absolute Gasteiger partial charge is 0.0599 e. The number of hydrogen-bond donors (Lipinski definition) is 1. The summed E-state index contributed by atoms with van der Waals surface area (Å²) in [5, 5.41) is 3.50. The van der Waals surface area contributed by atoms with Gasteiger partial charge in [-0.15, -0.1) is 0 Å². The van der Waals surface area contributed by atoms with Crippen LogP contribution in [0.4, 0.5) is 0 Å². The van der Waals surface area contributed by atoms with Gasteiger partial charge in [0.15, 0.2) is 0 Å². The van der Waals surface area contributed by atoms with Crippen LogP contribution in [-0.2, 0) is 4.74 Å². The molecular formula is C14H30N2O. The van der Waals surface area contributed by atoms with E-state index in [1.165, 1.54) is 38.9 Å². The summed E-state index contributed by atoms with van der Waals surface area (Å²) in [5.74, 6) is 0.761. The monoisotopic (exact) mass is 242 g/mol. The first-order valence-corrected chi connectivity index (χ1v) is 7.27. The summed E-state index contributed by atoms with van der Waals surface area (Å²) in [7, 11) is 0. The maximum absolute atomic E-state index is 5.66. The molecule has 1 fully saturated rings. The van der Waals surface area contributed by atoms with Gasteiger partial charge in [-0.2, -0.15) is 0 Å². The number of nitrogens with one attached hydrogen (secondary N) is 1. The Balaban J connectivity index is 1.95. The number of rotatable bonds is 8. The minimum absolute atomic E-state index is 0.523. The highest BCUT2D eigenvalue weighted by molar-refractivity contribution is 4.72. The van der Waals surface area contributed by atoms with Crippen LogP contribution in [0.3, 0.4) is 0 Å². The van der Waals surface area contributed by atoms with Crippen molar-refractivity contribution in [2.24, 2.45) is 5.92 Å². The summed E-state index contributed by atoms with van der Waals surface area (Å²) in [4.78, 5) is 2.58. The Hall–Kier alpha value is -0.120. The summed E-state index contributed by atoms with van der Waals surface area (Å²) < 4.78 is 5.66. The molecule has 1 heterocycles. The lowest BCUT2D eigenvalue weighted by molar-refractivity contribution is 0.0141. The molecule has 1 N–H and O–H groups in total. The molecule has 0 saturated carbocycles. The molecule has 0 amide bonds. The third kappa shape index (κ3) is 7.02. The lowest BCUT2D eigenvalue weighted by Gasteiger charge is -2.31. The van der Waals surface area contributed by atoms with Crippen LogP contribution < -0.4 is 5.32 Å². The van der Waals surface area contributed by atoms with E-state index in [0.717, 1.165) is 25.6 Å². The highest BCUT2D eigenvalue weighted by Gasteiger charge is 2.18. The second-order valence-electron chi connectivity index (χ2n) is 5.45. The lowest BCUT2D eigenvalue weighted by atomic mass is 10.1. The summed E-state index contributed by atoms with van der Waals surface area (Å²) in [6.45, 7) is 13.4. The molecule has 0 atom stereocenters. The molecule has 0 bridgehead atoms. The van der Waals surface area contributed by atoms with E-state index in [1.54, 1.807) is 0 Å². The van der Waals surface area contributed by atoms with Crippen LogP contribution in [-0.4, -0.2) is 50.3 Å². The van der Waals surface area contributed by atoms with Crippen molar-refractivity contribution in [3.63, 3.8) is 0 Å². The van der Waals surface area contributed by atoms with Gasteiger partial charge in [-0.3, -0.25) is 0 Å². The van der Waals surface area contributed by atoms with Gasteiger partial charge in [0, 0.05) is 19.7 Å². The van der Waals surface area contributed by atoms with Crippen LogP contribution in [0.1, 0.15) is 40.0 Å². The first kappa shape index (κ1) is 14.9. The number of piperidine rings is 1. The quantitative estimate of drug-likeness (QED) is 0.660. The van der Waals surface area contributed by atoms with Crippen molar-refractivity contribution >= 4 is 0 Å². The second-order valence-corrected chi connectivity index (χ2v) is 5.45. The van der Waals surface area contributed by atoms with Gasteiger partial charge in [-0.25, -0.2) is 0 Å². The summed E-state index contributed by atoms with van der Waals surface area (Å²) in [6, 6.07) is 0. The molecule has 1 saturated heterocycles. The van der Waals surface area contributed by atoms with Crippen LogP contribution in [0.15, 0.2) is 0 Å². The molecule has 0 aromatic carbocycles. The number of ether oxygens (including phenoxy) is 1. The van der Waals surface area contributed by atoms with Crippen LogP contribution in [0.2, 0.25) is 0 Å². The Morgan fingerprint density at radius 3 is 2.59 bits per heavy atom. The van der Waals surface area contributed by atoms with Crippen LogP contribution in [0.5, 0.6) is 0 Å². The largest absolute Gasteiger partial charge is 0.378 e. The molecule has 1 aliphatic rings. The van der Waals surface area contributed by atoms with Crippen molar-refractivity contribution in [3.8, 4) is 0 Å². The fourth-order valence-electron chi connectivity index (χ4n) is 2.35. The van der Waals surface area contributed by atoms with E-state index < -0.39 is 0 Å². The highest BCUT2D eigenvalue weighted by Crippen LogP contribution is 2.13. The zero-order valence-corrected chi connectivity index (χ0v) is 11.9. The van der Waals surface area contributed by atoms with Crippen molar-refractivity contribution in [2.45, 2.75) is 46.1 Å². The van der Waals surface area contributed by atoms with E-state index in [1.807, 2.05) is 0 Å². The normalized spacial score (nSPS) is 19.1. The van der Waals surface area contributed by atoms with Gasteiger partial charge in [0.25, 0.3) is 0 Å². The van der Waals surface area contributed by atoms with Gasteiger partial charge in [0.05, 0.1) is 6.10 Å². The first-order valence-electron chi connectivity index (χ1n) is 7.27. The molecule has 0 aromatic heterocycles. The number of nitrogens with zero attached hydrogens (tertiary/aromatic N) is 1. The minimum Gasteiger partial charge on any atom is -0.378 e. The van der Waals surface area contributed by atoms with Crippen molar-refractivity contribution < 1.29 is 4.74 Å². The molecule has 17 heavy (non-hydrogen) atoms. The molecule has 0 spiro atoms. The molecule has 1 rings (SSSR count). The fourth-order valence-corrected chi connectivity index (χ4v) is 2.35. The standard InChI is InChI=1S/C14H30N2O/c1-4-17-14-6-10-16(11-7-14)9-5-8-15-12-13(2)3/h13-15H,4-12H2,1-3H3. The van der Waals surface area contributed by atoms with E-state index in [9.17, 15) is 0 Å². The Morgan fingerprint density at radius 2 is 2.00 bits per heavy atom. The van der Waals surface area contributed by atoms with Gasteiger partial charge in [-0.05, 0) is 51.7 Å². The molecule has 1 aliphatic heterocycles. The zero-order valence-electron chi connectivity index (χ0n) is 11.9. The first-order chi connectivity index (χ1) is 8.22. The third-order valence-electron chi connectivity index (χ3n) is 3.32. The van der Waals surface area contributed by atoms with E-state index in [-0.39, 0.29) is 0 Å². The van der Waals surface area contributed by atoms with Gasteiger partial charge in [0.2, 0.25) is 0 Å². The van der Waals surface area contributed by atoms with Crippen molar-refractivity contribution in [2.75, 3.05) is 39.3 Å². The van der Waals surface area contributed by atoms with E-state index in [2.05, 4.69) is 31.0 Å². The van der Waals surface area contributed by atoms with Crippen molar-refractivity contribution in [1.82, 2.24) is 10.2 Å². The summed E-state index contributed by atoms with van der Waals surface area (Å²) in [6.07, 6.45) is 4.22. The maximum atomic E-state index is 5.66. The molecule has 102 valence electrons. The maximum Gasteiger partial charge on any atom is 0.0599 e. The lowest BCUT2D eigenvalue weighted by Crippen LogP contribution is -2.38. The topological polar surface area (TPSA) is 24.5 Å². The summed E-state index contributed by atoms with van der Waals surface area (Å²) >= 11 is 0. The molecule has 0 radical (unpaired) electrons. The molecule has 3 heteroatoms. The van der Waals surface area contributed by atoms with E-state index in [0.29, 0.717) is 6.10 Å². The molecule has 0 aromatic rings. The van der Waals surface area contributed by atoms with Gasteiger partial charge in [0.1, 0.15) is 0 Å². The predicted molar refractivity (Wildman–Crippen MR) is 73.4 cm³/mol. The van der Waals surface area contributed by atoms with E-state index >= 15 is 0 Å². The average Bonchev–Trinajstić information content (AvgIpc) is 2.31. The predicted octanol–water partition coefficient (Wildman–Crippen LogP) is 2.12. The molecular weight excluding hydrogens is 212 g/mol. The molecule has 3 nitrogen and oxygen atoms in total. The van der Waals surface area contributed by atoms with Gasteiger partial charge in [-0.1, -0.05) is 13.8 Å². The molecule has 0 aliphatic carbocycles. The Kier molecular flexibility index (Phi) is 7.82. The van der Waals surface area contributed by atoms with Crippen LogP contribution in [0.25, 0.3) is 0 Å². The average molecular weight is 242 g/mol. The third-order valence-corrected chi connectivity index (χ3v) is 3.32.